The summed E-state index contributed by atoms with van der Waals surface area (Å²) in [4.78, 5) is 17.3. The van der Waals surface area contributed by atoms with Crippen molar-refractivity contribution in [3.8, 4) is 11.5 Å². The van der Waals surface area contributed by atoms with E-state index in [4.69, 9.17) is 9.47 Å². The quantitative estimate of drug-likeness (QED) is 0.686. The Labute approximate surface area is 174 Å². The van der Waals surface area contributed by atoms with Crippen LogP contribution in [0.1, 0.15) is 24.0 Å². The predicted molar refractivity (Wildman–Crippen MR) is 116 cm³/mol. The van der Waals surface area contributed by atoms with E-state index in [9.17, 15) is 4.79 Å². The normalized spacial score (nSPS) is 15.0. The Morgan fingerprint density at radius 2 is 1.69 bits per heavy atom. The van der Waals surface area contributed by atoms with Gasteiger partial charge in [0, 0.05) is 19.6 Å². The van der Waals surface area contributed by atoms with E-state index in [0.717, 1.165) is 57.5 Å². The van der Waals surface area contributed by atoms with Crippen molar-refractivity contribution < 1.29 is 14.3 Å². The van der Waals surface area contributed by atoms with E-state index in [2.05, 4.69) is 35.2 Å². The summed E-state index contributed by atoms with van der Waals surface area (Å²) in [5.74, 6) is 1.53. The lowest BCUT2D eigenvalue weighted by Gasteiger charge is -2.22. The molecule has 0 saturated carbocycles. The molecule has 1 aliphatic heterocycles. The first-order valence-electron chi connectivity index (χ1n) is 10.4. The third-order valence-electron chi connectivity index (χ3n) is 5.53. The van der Waals surface area contributed by atoms with Crippen LogP contribution in [0.2, 0.25) is 0 Å². The number of aryl methyl sites for hydroxylation is 1. The van der Waals surface area contributed by atoms with Gasteiger partial charge >= 0.3 is 0 Å². The maximum Gasteiger partial charge on any atom is 0.227 e. The molecule has 2 aromatic rings. The van der Waals surface area contributed by atoms with Gasteiger partial charge in [-0.25, -0.2) is 0 Å². The number of methoxy groups -OCH3 is 2. The van der Waals surface area contributed by atoms with Crippen molar-refractivity contribution in [2.75, 3.05) is 46.9 Å². The van der Waals surface area contributed by atoms with Gasteiger partial charge in [0.1, 0.15) is 0 Å². The number of benzene rings is 2. The van der Waals surface area contributed by atoms with Crippen molar-refractivity contribution in [1.29, 1.82) is 0 Å². The average Bonchev–Trinajstić information content (AvgIpc) is 3.00. The van der Waals surface area contributed by atoms with Crippen LogP contribution in [0.3, 0.4) is 0 Å². The van der Waals surface area contributed by atoms with E-state index < -0.39 is 0 Å². The van der Waals surface area contributed by atoms with E-state index in [1.807, 2.05) is 23.1 Å². The molecule has 156 valence electrons. The van der Waals surface area contributed by atoms with E-state index in [-0.39, 0.29) is 5.91 Å². The summed E-state index contributed by atoms with van der Waals surface area (Å²) in [7, 11) is 3.23. The second-order valence-electron chi connectivity index (χ2n) is 7.53. The van der Waals surface area contributed by atoms with Gasteiger partial charge in [0.2, 0.25) is 5.91 Å². The van der Waals surface area contributed by atoms with Crippen molar-refractivity contribution in [3.63, 3.8) is 0 Å². The second-order valence-corrected chi connectivity index (χ2v) is 7.53. The summed E-state index contributed by atoms with van der Waals surface area (Å²) in [5.41, 5.74) is 2.35. The maximum atomic E-state index is 12.8. The minimum Gasteiger partial charge on any atom is -0.493 e. The monoisotopic (exact) mass is 396 g/mol. The zero-order valence-corrected chi connectivity index (χ0v) is 17.6. The first-order chi connectivity index (χ1) is 14.2. The summed E-state index contributed by atoms with van der Waals surface area (Å²) >= 11 is 0. The lowest BCUT2D eigenvalue weighted by atomic mass is 10.1. The molecule has 0 atom stereocenters. The van der Waals surface area contributed by atoms with Crippen LogP contribution in [0.5, 0.6) is 11.5 Å². The standard InChI is InChI=1S/C24H32N2O3/c1-28-22-12-11-21(18-23(22)29-2)19-24(27)26-15-7-14-25(16-17-26)13-6-10-20-8-4-3-5-9-20/h3-5,8-9,11-12,18H,6-7,10,13-17,19H2,1-2H3. The highest BCUT2D eigenvalue weighted by atomic mass is 16.5. The fourth-order valence-corrected chi connectivity index (χ4v) is 3.87. The van der Waals surface area contributed by atoms with E-state index in [1.165, 1.54) is 5.56 Å². The lowest BCUT2D eigenvalue weighted by Crippen LogP contribution is -2.36. The van der Waals surface area contributed by atoms with E-state index in [1.54, 1.807) is 14.2 Å². The zero-order valence-electron chi connectivity index (χ0n) is 17.6. The molecule has 5 heteroatoms. The predicted octanol–water partition coefficient (Wildman–Crippen LogP) is 3.41. The van der Waals surface area contributed by atoms with Crippen molar-refractivity contribution in [2.45, 2.75) is 25.7 Å². The number of rotatable bonds is 8. The van der Waals surface area contributed by atoms with Crippen molar-refractivity contribution in [3.05, 3.63) is 59.7 Å². The minimum atomic E-state index is 0.184. The minimum absolute atomic E-state index is 0.184. The Morgan fingerprint density at radius 1 is 0.897 bits per heavy atom. The molecule has 0 aromatic heterocycles. The Morgan fingerprint density at radius 3 is 2.45 bits per heavy atom. The number of amides is 1. The van der Waals surface area contributed by atoms with Gasteiger partial charge in [-0.05, 0) is 55.6 Å². The Bertz CT molecular complexity index is 779. The summed E-state index contributed by atoms with van der Waals surface area (Å²) < 4.78 is 10.6. The van der Waals surface area contributed by atoms with Crippen molar-refractivity contribution in [2.24, 2.45) is 0 Å². The molecule has 1 amide bonds. The first kappa shape index (κ1) is 21.2. The van der Waals surface area contributed by atoms with Crippen molar-refractivity contribution >= 4 is 5.91 Å². The van der Waals surface area contributed by atoms with E-state index in [0.29, 0.717) is 17.9 Å². The van der Waals surface area contributed by atoms with Gasteiger partial charge in [0.15, 0.2) is 11.5 Å². The highest BCUT2D eigenvalue weighted by molar-refractivity contribution is 5.79. The van der Waals surface area contributed by atoms with Crippen LogP contribution >= 0.6 is 0 Å². The van der Waals surface area contributed by atoms with Gasteiger partial charge in [-0.1, -0.05) is 36.4 Å². The molecule has 1 heterocycles. The van der Waals surface area contributed by atoms with Gasteiger partial charge in [-0.3, -0.25) is 4.79 Å². The molecule has 2 aromatic carbocycles. The number of carbonyl (C=O) groups excluding carboxylic acids is 1. The number of ether oxygens (including phenoxy) is 2. The van der Waals surface area contributed by atoms with Gasteiger partial charge < -0.3 is 19.3 Å². The van der Waals surface area contributed by atoms with Gasteiger partial charge in [-0.2, -0.15) is 0 Å². The molecule has 0 bridgehead atoms. The molecule has 29 heavy (non-hydrogen) atoms. The average molecular weight is 397 g/mol. The molecule has 1 saturated heterocycles. The van der Waals surface area contributed by atoms with Crippen molar-refractivity contribution in [1.82, 2.24) is 9.80 Å². The highest BCUT2D eigenvalue weighted by Gasteiger charge is 2.19. The molecule has 5 nitrogen and oxygen atoms in total. The number of hydrogen-bond acceptors (Lipinski definition) is 4. The van der Waals surface area contributed by atoms with Crippen LogP contribution in [-0.2, 0) is 17.6 Å². The molecular formula is C24H32N2O3. The van der Waals surface area contributed by atoms with Gasteiger partial charge in [-0.15, -0.1) is 0 Å². The molecule has 1 aliphatic rings. The Kier molecular flexibility index (Phi) is 7.94. The van der Waals surface area contributed by atoms with Gasteiger partial charge in [0.25, 0.3) is 0 Å². The number of nitrogens with zero attached hydrogens (tertiary/aromatic N) is 2. The zero-order chi connectivity index (χ0) is 20.5. The topological polar surface area (TPSA) is 42.0 Å². The van der Waals surface area contributed by atoms with Crippen LogP contribution in [0.25, 0.3) is 0 Å². The Balaban J connectivity index is 1.46. The summed E-state index contributed by atoms with van der Waals surface area (Å²) in [5, 5.41) is 0. The number of carbonyl (C=O) groups is 1. The largest absolute Gasteiger partial charge is 0.493 e. The fraction of sp³-hybridized carbons (Fsp3) is 0.458. The third-order valence-corrected chi connectivity index (χ3v) is 5.53. The lowest BCUT2D eigenvalue weighted by molar-refractivity contribution is -0.130. The molecule has 0 aliphatic carbocycles. The van der Waals surface area contributed by atoms with Crippen LogP contribution < -0.4 is 9.47 Å². The highest BCUT2D eigenvalue weighted by Crippen LogP contribution is 2.27. The molecular weight excluding hydrogens is 364 g/mol. The smallest absolute Gasteiger partial charge is 0.227 e. The summed E-state index contributed by atoms with van der Waals surface area (Å²) in [6, 6.07) is 16.3. The third kappa shape index (κ3) is 6.23. The Hall–Kier alpha value is -2.53. The molecule has 0 N–H and O–H groups in total. The van der Waals surface area contributed by atoms with Crippen LogP contribution in [0.4, 0.5) is 0 Å². The van der Waals surface area contributed by atoms with E-state index >= 15 is 0 Å². The summed E-state index contributed by atoms with van der Waals surface area (Å²) in [6.07, 6.45) is 3.69. The maximum absolute atomic E-state index is 12.8. The second kappa shape index (κ2) is 10.9. The number of hydrogen-bond donors (Lipinski definition) is 0. The molecule has 0 unspecified atom stereocenters. The molecule has 1 fully saturated rings. The SMILES string of the molecule is COc1ccc(CC(=O)N2CCCN(CCCc3ccccc3)CC2)cc1OC. The molecule has 0 spiro atoms. The van der Waals surface area contributed by atoms with Gasteiger partial charge in [0.05, 0.1) is 20.6 Å². The molecule has 3 rings (SSSR count). The first-order valence-corrected chi connectivity index (χ1v) is 10.4. The van der Waals surface area contributed by atoms with Crippen LogP contribution in [0, 0.1) is 0 Å². The fourth-order valence-electron chi connectivity index (χ4n) is 3.87. The molecule has 0 radical (unpaired) electrons. The van der Waals surface area contributed by atoms with Crippen LogP contribution in [-0.4, -0.2) is 62.7 Å². The summed E-state index contributed by atoms with van der Waals surface area (Å²) in [6.45, 7) is 4.74. The van der Waals surface area contributed by atoms with Crippen LogP contribution in [0.15, 0.2) is 48.5 Å².